The molecule has 0 aromatic heterocycles. The van der Waals surface area contributed by atoms with E-state index in [-0.39, 0.29) is 19.7 Å². The summed E-state index contributed by atoms with van der Waals surface area (Å²) in [5.74, 6) is 1.67. The number of hydrogen-bond acceptors (Lipinski definition) is 3. The second-order valence-electron chi connectivity index (χ2n) is 3.78. The first-order valence-corrected chi connectivity index (χ1v) is 5.32. The van der Waals surface area contributed by atoms with Gasteiger partial charge in [0.25, 0.3) is 0 Å². The third kappa shape index (κ3) is 2910. The molecule has 0 aromatic carbocycles. The van der Waals surface area contributed by atoms with Crippen LogP contribution in [0.5, 0.6) is 0 Å². The number of thiocarbonyl (C=S) groups is 1. The van der Waals surface area contributed by atoms with Crippen molar-refractivity contribution in [2.24, 2.45) is 22.6 Å². The van der Waals surface area contributed by atoms with Gasteiger partial charge in [-0.3, -0.25) is 0 Å². The molecule has 0 bridgehead atoms. The van der Waals surface area contributed by atoms with E-state index in [1.54, 1.807) is 7.05 Å². The average molecular weight is 248 g/mol. The smallest absolute Gasteiger partial charge is 0.0582 e. The van der Waals surface area contributed by atoms with E-state index in [1.165, 1.54) is 7.05 Å². The Labute approximate surface area is 116 Å². The summed E-state index contributed by atoms with van der Waals surface area (Å²) in [5.41, 5.74) is 4.50. The predicted octanol–water partition coefficient (Wildman–Crippen LogP) is 3.35. The van der Waals surface area contributed by atoms with E-state index in [9.17, 15) is 0 Å². The van der Waals surface area contributed by atoms with Crippen LogP contribution in [0, 0.1) is 11.8 Å². The Morgan fingerprint density at radius 2 is 1.00 bits per heavy atom. The number of hydrogen-bond donors (Lipinski definition) is 1. The van der Waals surface area contributed by atoms with Crippen LogP contribution in [0.15, 0.2) is 4.99 Å². The van der Waals surface area contributed by atoms with Crippen LogP contribution in [0.2, 0.25) is 0 Å². The molecule has 0 aromatic rings. The Morgan fingerprint density at radius 3 is 1.00 bits per heavy atom. The molecule has 2 N–H and O–H groups in total. The van der Waals surface area contributed by atoms with Crippen molar-refractivity contribution in [2.45, 2.75) is 41.5 Å². The molecule has 98 valence electrons. The van der Waals surface area contributed by atoms with Crippen molar-refractivity contribution in [3.8, 4) is 0 Å². The quantitative estimate of drug-likeness (QED) is 0.405. The van der Waals surface area contributed by atoms with Crippen molar-refractivity contribution in [1.82, 2.24) is 0 Å². The molecule has 0 aliphatic carbocycles. The molecule has 0 amide bonds. The number of nitrogens with zero attached hydrogens (tertiary/aromatic N) is 1. The molecular weight excluding hydrogens is 214 g/mol. The monoisotopic (exact) mass is 248 g/mol. The number of aliphatic imine (C=N–C) groups is 1. The highest BCUT2D eigenvalue weighted by molar-refractivity contribution is 7.78. The molecule has 5 heteroatoms. The summed E-state index contributed by atoms with van der Waals surface area (Å²) in [6, 6.07) is 0. The minimum absolute atomic E-state index is 0. The van der Waals surface area contributed by atoms with Crippen LogP contribution in [0.4, 0.5) is 0 Å². The molecule has 6 radical (unpaired) electrons. The van der Waals surface area contributed by atoms with Gasteiger partial charge in [-0.15, -0.1) is 0 Å². The predicted molar refractivity (Wildman–Crippen MR) is 87.8 cm³/mol. The second kappa shape index (κ2) is 46.1. The van der Waals surface area contributed by atoms with Crippen LogP contribution in [0.1, 0.15) is 44.4 Å². The molecule has 0 unspecified atom stereocenters. The summed E-state index contributed by atoms with van der Waals surface area (Å²) in [6.07, 6.45) is 0. The summed E-state index contributed by atoms with van der Waals surface area (Å²) in [5, 5.41) is 2.14. The third-order valence-electron chi connectivity index (χ3n) is 0.0913. The number of isothiocyanates is 1. The summed E-state index contributed by atoms with van der Waals surface area (Å²) in [4.78, 5) is 3.30. The number of nitrogens with two attached hydrogens (primary N) is 1. The lowest BCUT2D eigenvalue weighted by Gasteiger charge is -1.79. The second-order valence-corrected chi connectivity index (χ2v) is 3.96. The van der Waals surface area contributed by atoms with Crippen molar-refractivity contribution in [2.75, 3.05) is 14.1 Å². The normalized spacial score (nSPS) is 5.94. The summed E-state index contributed by atoms with van der Waals surface area (Å²) >= 11 is 4.14. The van der Waals surface area contributed by atoms with E-state index < -0.39 is 0 Å². The van der Waals surface area contributed by atoms with Crippen molar-refractivity contribution < 1.29 is 2.85 Å². The molecule has 0 aliphatic heterocycles. The Balaban J connectivity index is -0.0000000118. The lowest BCUT2D eigenvalue weighted by Crippen LogP contribution is -1.69. The largest absolute Gasteiger partial charge is 0.333 e. The van der Waals surface area contributed by atoms with Crippen molar-refractivity contribution in [3.05, 3.63) is 0 Å². The van der Waals surface area contributed by atoms with Crippen molar-refractivity contribution in [3.63, 3.8) is 0 Å². The summed E-state index contributed by atoms with van der Waals surface area (Å²) < 4.78 is 0. The molecule has 0 rings (SSSR count). The standard InChI is InChI=1S/2C4H10.C2H3NS.CH5N.2B.2H2/c2*1-4(2)3;1-3-2-4;1-2;;;;/h2*4H,1-3H3;1H3;2H2,1H3;;;2*1H/i;;;;;;2*1+1. The van der Waals surface area contributed by atoms with Crippen LogP contribution in [-0.4, -0.2) is 36.1 Å². The fourth-order valence-corrected chi connectivity index (χ4v) is 0. The zero-order valence-corrected chi connectivity index (χ0v) is 13.1. The molecule has 0 aliphatic rings. The van der Waals surface area contributed by atoms with Gasteiger partial charge in [-0.25, -0.2) is 4.99 Å². The maximum absolute atomic E-state index is 4.50. The SMILES string of the molecule is CC(C)C.CC(C)C.CN.CN=C=S.[2HH].[2HH].[B].[B]. The first kappa shape index (κ1) is 36.0. The third-order valence-corrected chi connectivity index (χ3v) is 0.274. The maximum atomic E-state index is 4.50. The summed E-state index contributed by atoms with van der Waals surface area (Å²) in [6.45, 7) is 13.0. The Kier molecular flexibility index (Phi) is 104. The van der Waals surface area contributed by atoms with Gasteiger partial charge in [0.05, 0.1) is 5.16 Å². The van der Waals surface area contributed by atoms with Gasteiger partial charge in [0.2, 0.25) is 0 Å². The van der Waals surface area contributed by atoms with Crippen LogP contribution >= 0.6 is 12.2 Å². The van der Waals surface area contributed by atoms with Gasteiger partial charge in [0, 0.05) is 26.7 Å². The van der Waals surface area contributed by atoms with E-state index in [4.69, 9.17) is 0 Å². The zero-order chi connectivity index (χ0) is 12.6. The first-order chi connectivity index (χ1) is 6.38. The van der Waals surface area contributed by atoms with E-state index in [2.05, 4.69) is 69.6 Å². The van der Waals surface area contributed by atoms with Gasteiger partial charge in [0.15, 0.2) is 0 Å². The summed E-state index contributed by atoms with van der Waals surface area (Å²) in [7, 11) is 3.09. The molecule has 0 fully saturated rings. The van der Waals surface area contributed by atoms with E-state index in [0.717, 1.165) is 11.8 Å². The molecule has 0 saturated carbocycles. The highest BCUT2D eigenvalue weighted by Gasteiger charge is 1.68. The van der Waals surface area contributed by atoms with E-state index in [0.29, 0.717) is 0 Å². The lowest BCUT2D eigenvalue weighted by atomic mass is 10.3. The average Bonchev–Trinajstić information content (AvgIpc) is 2.05. The minimum Gasteiger partial charge on any atom is -0.333 e. The molecular formula is C11H32B2N2S. The Morgan fingerprint density at radius 1 is 0.938 bits per heavy atom. The van der Waals surface area contributed by atoms with E-state index in [1.807, 2.05) is 0 Å². The topological polar surface area (TPSA) is 38.4 Å². The van der Waals surface area contributed by atoms with Gasteiger partial charge in [0.1, 0.15) is 0 Å². The van der Waals surface area contributed by atoms with E-state index >= 15 is 0 Å². The molecule has 16 heavy (non-hydrogen) atoms. The van der Waals surface area contributed by atoms with Gasteiger partial charge >= 0.3 is 0 Å². The van der Waals surface area contributed by atoms with Crippen molar-refractivity contribution in [1.29, 1.82) is 0 Å². The number of rotatable bonds is 0. The Hall–Kier alpha value is -0.110. The van der Waals surface area contributed by atoms with Crippen LogP contribution < -0.4 is 5.73 Å². The fraction of sp³-hybridized carbons (Fsp3) is 0.909. The van der Waals surface area contributed by atoms with Crippen LogP contribution in [-0.2, 0) is 0 Å². The maximum Gasteiger partial charge on any atom is 0.0582 e. The molecule has 2 nitrogen and oxygen atoms in total. The van der Waals surface area contributed by atoms with Gasteiger partial charge in [-0.1, -0.05) is 41.5 Å². The lowest BCUT2D eigenvalue weighted by molar-refractivity contribution is 0.736. The minimum atomic E-state index is 0. The van der Waals surface area contributed by atoms with Gasteiger partial charge < -0.3 is 5.73 Å². The zero-order valence-electron chi connectivity index (χ0n) is 12.2. The van der Waals surface area contributed by atoms with Crippen LogP contribution in [0.25, 0.3) is 0 Å². The highest BCUT2D eigenvalue weighted by atomic mass is 32.1. The van der Waals surface area contributed by atoms with Crippen molar-refractivity contribution >= 4 is 34.2 Å². The molecule has 0 atom stereocenters. The molecule has 0 spiro atoms. The fourth-order valence-electron chi connectivity index (χ4n) is 0. The van der Waals surface area contributed by atoms with Gasteiger partial charge in [-0.2, -0.15) is 0 Å². The first-order valence-electron chi connectivity index (χ1n) is 4.92. The van der Waals surface area contributed by atoms with Gasteiger partial charge in [-0.05, 0) is 31.1 Å². The molecule has 0 saturated heterocycles. The highest BCUT2D eigenvalue weighted by Crippen LogP contribution is 1.81. The molecule has 0 heterocycles. The van der Waals surface area contributed by atoms with Crippen LogP contribution in [0.3, 0.4) is 0 Å². The Bertz CT molecular complexity index is 112.